The van der Waals surface area contributed by atoms with Crippen molar-refractivity contribution in [3.8, 4) is 11.1 Å². The SMILES string of the molecule is O=COCCCCCCCCCCCCCCc1ccc(-c2ccc(N(c3ccccc3)c3ccccc3)cc2)cc1. The predicted molar refractivity (Wildman–Crippen MR) is 178 cm³/mol. The van der Waals surface area contributed by atoms with Crippen LogP contribution in [-0.2, 0) is 16.0 Å². The van der Waals surface area contributed by atoms with Gasteiger partial charge >= 0.3 is 0 Å². The lowest BCUT2D eigenvalue weighted by Crippen LogP contribution is -2.09. The number of ether oxygens (including phenoxy) is 1. The summed E-state index contributed by atoms with van der Waals surface area (Å²) in [5, 5.41) is 0. The van der Waals surface area contributed by atoms with Crippen molar-refractivity contribution in [1.29, 1.82) is 0 Å². The lowest BCUT2D eigenvalue weighted by Gasteiger charge is -2.25. The van der Waals surface area contributed by atoms with Crippen molar-refractivity contribution in [2.75, 3.05) is 11.5 Å². The van der Waals surface area contributed by atoms with Crippen LogP contribution in [0.2, 0.25) is 0 Å². The summed E-state index contributed by atoms with van der Waals surface area (Å²) in [6.45, 7) is 1.12. The number of carbonyl (C=O) groups is 1. The molecule has 0 spiro atoms. The maximum Gasteiger partial charge on any atom is 0.293 e. The van der Waals surface area contributed by atoms with Gasteiger partial charge in [0.25, 0.3) is 6.47 Å². The van der Waals surface area contributed by atoms with E-state index in [0.29, 0.717) is 13.1 Å². The van der Waals surface area contributed by atoms with Gasteiger partial charge in [0.15, 0.2) is 0 Å². The average molecular weight is 562 g/mol. The molecule has 0 aliphatic heterocycles. The van der Waals surface area contributed by atoms with Crippen LogP contribution in [0.5, 0.6) is 0 Å². The third-order valence-electron chi connectivity index (χ3n) is 7.99. The fourth-order valence-corrected chi connectivity index (χ4v) is 5.60. The lowest BCUT2D eigenvalue weighted by atomic mass is 10.00. The molecule has 0 atom stereocenters. The zero-order valence-electron chi connectivity index (χ0n) is 25.1. The molecule has 4 aromatic rings. The van der Waals surface area contributed by atoms with Crippen molar-refractivity contribution in [2.45, 2.75) is 83.5 Å². The first-order valence-electron chi connectivity index (χ1n) is 16.0. The van der Waals surface area contributed by atoms with Crippen LogP contribution in [0.1, 0.15) is 82.6 Å². The van der Waals surface area contributed by atoms with Gasteiger partial charge in [0, 0.05) is 17.1 Å². The van der Waals surface area contributed by atoms with Gasteiger partial charge in [-0.2, -0.15) is 0 Å². The molecule has 0 bridgehead atoms. The van der Waals surface area contributed by atoms with Crippen LogP contribution in [0.25, 0.3) is 11.1 Å². The number of carbonyl (C=O) groups excluding carboxylic acids is 1. The molecule has 0 N–H and O–H groups in total. The minimum absolute atomic E-state index is 0.546. The quantitative estimate of drug-likeness (QED) is 0.0794. The van der Waals surface area contributed by atoms with E-state index < -0.39 is 0 Å². The molecule has 0 saturated heterocycles. The molecule has 42 heavy (non-hydrogen) atoms. The zero-order valence-corrected chi connectivity index (χ0v) is 25.1. The van der Waals surface area contributed by atoms with Crippen LogP contribution in [0.4, 0.5) is 17.1 Å². The first-order chi connectivity index (χ1) is 20.8. The van der Waals surface area contributed by atoms with Gasteiger partial charge in [-0.1, -0.05) is 137 Å². The van der Waals surface area contributed by atoms with Crippen LogP contribution < -0.4 is 4.90 Å². The smallest absolute Gasteiger partial charge is 0.293 e. The number of para-hydroxylation sites is 2. The van der Waals surface area contributed by atoms with E-state index in [-0.39, 0.29) is 0 Å². The number of rotatable bonds is 20. The minimum Gasteiger partial charge on any atom is -0.468 e. The Bertz CT molecular complexity index is 1210. The lowest BCUT2D eigenvalue weighted by molar-refractivity contribution is -0.128. The zero-order chi connectivity index (χ0) is 29.1. The van der Waals surface area contributed by atoms with Gasteiger partial charge in [-0.15, -0.1) is 0 Å². The highest BCUT2D eigenvalue weighted by atomic mass is 16.5. The first kappa shape index (κ1) is 31.1. The topological polar surface area (TPSA) is 29.5 Å². The molecule has 0 fully saturated rings. The van der Waals surface area contributed by atoms with Crippen molar-refractivity contribution in [3.05, 3.63) is 115 Å². The number of benzene rings is 4. The van der Waals surface area contributed by atoms with Crippen LogP contribution in [-0.4, -0.2) is 13.1 Å². The number of aryl methyl sites for hydroxylation is 1. The standard InChI is InChI=1S/C39H47NO2/c41-33-42-32-18-10-8-6-4-2-1-3-5-7-9-13-19-34-24-26-35(27-25-34)36-28-30-39(31-29-36)40(37-20-14-11-15-21-37)38-22-16-12-17-23-38/h11-12,14-17,20-31,33H,1-10,13,18-19,32H2. The predicted octanol–water partition coefficient (Wildman–Crippen LogP) is 11.2. The van der Waals surface area contributed by atoms with Crippen molar-refractivity contribution in [1.82, 2.24) is 0 Å². The molecule has 3 nitrogen and oxygen atoms in total. The largest absolute Gasteiger partial charge is 0.468 e. The summed E-state index contributed by atoms with van der Waals surface area (Å²) >= 11 is 0. The van der Waals surface area contributed by atoms with Gasteiger partial charge in [-0.05, 0) is 72.4 Å². The Morgan fingerprint density at radius 3 is 1.33 bits per heavy atom. The van der Waals surface area contributed by atoms with E-state index in [9.17, 15) is 4.79 Å². The second-order valence-electron chi connectivity index (χ2n) is 11.2. The van der Waals surface area contributed by atoms with Gasteiger partial charge in [-0.25, -0.2) is 0 Å². The maximum atomic E-state index is 10.1. The summed E-state index contributed by atoms with van der Waals surface area (Å²) in [5.41, 5.74) is 7.42. The van der Waals surface area contributed by atoms with E-state index in [1.807, 2.05) is 0 Å². The van der Waals surface area contributed by atoms with Crippen LogP contribution in [0, 0.1) is 0 Å². The van der Waals surface area contributed by atoms with E-state index in [4.69, 9.17) is 4.74 Å². The fourth-order valence-electron chi connectivity index (χ4n) is 5.60. The fraction of sp³-hybridized carbons (Fsp3) is 0.359. The Morgan fingerprint density at radius 2 is 0.857 bits per heavy atom. The molecule has 0 unspecified atom stereocenters. The van der Waals surface area contributed by atoms with Crippen molar-refractivity contribution in [2.24, 2.45) is 0 Å². The molecule has 0 aromatic heterocycles. The van der Waals surface area contributed by atoms with Gasteiger partial charge in [0.2, 0.25) is 0 Å². The molecule has 0 aliphatic rings. The number of hydrogen-bond donors (Lipinski definition) is 0. The van der Waals surface area contributed by atoms with Crippen molar-refractivity contribution >= 4 is 23.5 Å². The Labute approximate surface area is 253 Å². The number of nitrogens with zero attached hydrogens (tertiary/aromatic N) is 1. The molecule has 4 aromatic carbocycles. The number of unbranched alkanes of at least 4 members (excludes halogenated alkanes) is 11. The van der Waals surface area contributed by atoms with E-state index >= 15 is 0 Å². The van der Waals surface area contributed by atoms with Gasteiger partial charge in [0.1, 0.15) is 0 Å². The summed E-state index contributed by atoms with van der Waals surface area (Å²) < 4.78 is 4.73. The Hall–Kier alpha value is -3.85. The first-order valence-corrected chi connectivity index (χ1v) is 16.0. The van der Waals surface area contributed by atoms with Crippen molar-refractivity contribution in [3.63, 3.8) is 0 Å². The molecule has 4 rings (SSSR count). The number of anilines is 3. The molecular formula is C39H47NO2. The van der Waals surface area contributed by atoms with Crippen LogP contribution in [0.15, 0.2) is 109 Å². The van der Waals surface area contributed by atoms with E-state index in [1.54, 1.807) is 0 Å². The number of hydrogen-bond acceptors (Lipinski definition) is 3. The Kier molecular flexibility index (Phi) is 13.7. The molecule has 0 radical (unpaired) electrons. The summed E-state index contributed by atoms with van der Waals surface area (Å²) in [5.74, 6) is 0. The third kappa shape index (κ3) is 10.5. The normalized spacial score (nSPS) is 10.9. The molecule has 0 amide bonds. The van der Waals surface area contributed by atoms with E-state index in [1.165, 1.54) is 93.7 Å². The molecule has 0 heterocycles. The van der Waals surface area contributed by atoms with Crippen LogP contribution in [0.3, 0.4) is 0 Å². The van der Waals surface area contributed by atoms with Crippen molar-refractivity contribution < 1.29 is 9.53 Å². The van der Waals surface area contributed by atoms with Gasteiger partial charge in [-0.3, -0.25) is 4.79 Å². The highest BCUT2D eigenvalue weighted by molar-refractivity contribution is 5.78. The summed E-state index contributed by atoms with van der Waals surface area (Å²) in [6, 6.07) is 39.2. The molecule has 0 saturated carbocycles. The Balaban J connectivity index is 1.14. The second kappa shape index (κ2) is 18.6. The Morgan fingerprint density at radius 1 is 0.452 bits per heavy atom. The molecule has 3 heteroatoms. The average Bonchev–Trinajstić information content (AvgIpc) is 3.05. The van der Waals surface area contributed by atoms with Gasteiger partial charge in [0.05, 0.1) is 6.61 Å². The third-order valence-corrected chi connectivity index (χ3v) is 7.99. The molecule has 220 valence electrons. The maximum absolute atomic E-state index is 10.1. The molecular weight excluding hydrogens is 514 g/mol. The monoisotopic (exact) mass is 561 g/mol. The summed E-state index contributed by atoms with van der Waals surface area (Å²) in [7, 11) is 0. The summed E-state index contributed by atoms with van der Waals surface area (Å²) in [4.78, 5) is 12.4. The van der Waals surface area contributed by atoms with Gasteiger partial charge < -0.3 is 9.64 Å². The van der Waals surface area contributed by atoms with E-state index in [2.05, 4.69) is 114 Å². The second-order valence-corrected chi connectivity index (χ2v) is 11.2. The summed E-state index contributed by atoms with van der Waals surface area (Å²) in [6.07, 6.45) is 16.7. The van der Waals surface area contributed by atoms with E-state index in [0.717, 1.165) is 23.5 Å². The highest BCUT2D eigenvalue weighted by Gasteiger charge is 2.12. The van der Waals surface area contributed by atoms with Crippen LogP contribution >= 0.6 is 0 Å². The minimum atomic E-state index is 0.546. The molecule has 0 aliphatic carbocycles. The highest BCUT2D eigenvalue weighted by Crippen LogP contribution is 2.35.